The fourth-order valence-corrected chi connectivity index (χ4v) is 4.41. The fourth-order valence-electron chi connectivity index (χ4n) is 3.38. The maximum absolute atomic E-state index is 6.31. The van der Waals surface area contributed by atoms with Crippen molar-refractivity contribution in [2.75, 3.05) is 6.61 Å². The maximum Gasteiger partial charge on any atom is 0.0929 e. The average Bonchev–Trinajstić information content (AvgIpc) is 2.49. The van der Waals surface area contributed by atoms with Crippen molar-refractivity contribution in [2.24, 2.45) is 5.92 Å². The van der Waals surface area contributed by atoms with Gasteiger partial charge in [0.15, 0.2) is 0 Å². The first-order valence-electron chi connectivity index (χ1n) is 7.74. The summed E-state index contributed by atoms with van der Waals surface area (Å²) in [7, 11) is 0. The molecule has 1 aromatic rings. The summed E-state index contributed by atoms with van der Waals surface area (Å²) in [6, 6.07) is 10.4. The third kappa shape index (κ3) is 3.74. The second-order valence-electron chi connectivity index (χ2n) is 6.01. The summed E-state index contributed by atoms with van der Waals surface area (Å²) in [6.45, 7) is 1.42. The summed E-state index contributed by atoms with van der Waals surface area (Å²) in [5.74, 6) is 0.802. The van der Waals surface area contributed by atoms with Crippen molar-refractivity contribution in [3.63, 3.8) is 0 Å². The lowest BCUT2D eigenvalue weighted by Gasteiger charge is -2.42. The molecule has 0 bridgehead atoms. The minimum Gasteiger partial charge on any atom is -0.374 e. The second-order valence-corrected chi connectivity index (χ2v) is 7.61. The first-order chi connectivity index (χ1) is 9.83. The fraction of sp³-hybridized carbons (Fsp3) is 0.647. The van der Waals surface area contributed by atoms with Gasteiger partial charge in [-0.15, -0.1) is 0 Å². The van der Waals surface area contributed by atoms with Gasteiger partial charge in [0, 0.05) is 3.92 Å². The normalized spacial score (nSPS) is 33.6. The molecule has 0 spiro atoms. The molecule has 1 aliphatic heterocycles. The average molecular weight is 386 g/mol. The van der Waals surface area contributed by atoms with E-state index in [9.17, 15) is 0 Å². The first-order valence-corrected chi connectivity index (χ1v) is 8.98. The van der Waals surface area contributed by atoms with E-state index in [0.29, 0.717) is 16.6 Å². The quantitative estimate of drug-likeness (QED) is 0.566. The lowest BCUT2D eigenvalue weighted by molar-refractivity contribution is -0.119. The number of hydrogen-bond acceptors (Lipinski definition) is 2. The van der Waals surface area contributed by atoms with Gasteiger partial charge in [0.25, 0.3) is 0 Å². The van der Waals surface area contributed by atoms with Crippen LogP contribution in [0.3, 0.4) is 0 Å². The Labute approximate surface area is 135 Å². The molecule has 110 valence electrons. The lowest BCUT2D eigenvalue weighted by atomic mass is 9.81. The molecule has 1 saturated carbocycles. The topological polar surface area (TPSA) is 18.5 Å². The van der Waals surface area contributed by atoms with Gasteiger partial charge in [-0.3, -0.25) is 0 Å². The van der Waals surface area contributed by atoms with Gasteiger partial charge in [-0.05, 0) is 30.7 Å². The Morgan fingerprint density at radius 2 is 1.95 bits per heavy atom. The van der Waals surface area contributed by atoms with E-state index < -0.39 is 0 Å². The van der Waals surface area contributed by atoms with Crippen LogP contribution in [-0.4, -0.2) is 22.7 Å². The second kappa shape index (κ2) is 7.23. The van der Waals surface area contributed by atoms with Gasteiger partial charge in [-0.25, -0.2) is 0 Å². The van der Waals surface area contributed by atoms with Crippen LogP contribution in [0.4, 0.5) is 0 Å². The van der Waals surface area contributed by atoms with E-state index in [1.165, 1.54) is 37.7 Å². The van der Waals surface area contributed by atoms with E-state index in [1.807, 2.05) is 6.07 Å². The highest BCUT2D eigenvalue weighted by molar-refractivity contribution is 14.1. The summed E-state index contributed by atoms with van der Waals surface area (Å²) < 4.78 is 12.8. The monoisotopic (exact) mass is 386 g/mol. The van der Waals surface area contributed by atoms with Crippen LogP contribution in [0.1, 0.15) is 37.7 Å². The molecular formula is C17H23IO2. The summed E-state index contributed by atoms with van der Waals surface area (Å²) in [4.78, 5) is 0. The van der Waals surface area contributed by atoms with Gasteiger partial charge in [0.05, 0.1) is 25.4 Å². The standard InChI is InChI=1S/C17H23IO2/c18-15-10-14-8-4-5-9-16(14)20-17(15)12-19-11-13-6-2-1-3-7-13/h1-3,6-7,14-17H,4-5,8-12H2/t14-,15+,16+,17-/m0/s1. The summed E-state index contributed by atoms with van der Waals surface area (Å²) in [5.41, 5.74) is 1.24. The third-order valence-corrected chi connectivity index (χ3v) is 5.82. The highest BCUT2D eigenvalue weighted by Gasteiger charge is 2.37. The van der Waals surface area contributed by atoms with Crippen LogP contribution in [0, 0.1) is 5.92 Å². The number of fused-ring (bicyclic) bond motifs is 1. The molecule has 1 aliphatic carbocycles. The summed E-state index contributed by atoms with van der Waals surface area (Å²) in [6.07, 6.45) is 7.43. The Hall–Kier alpha value is -0.130. The molecule has 0 N–H and O–H groups in total. The van der Waals surface area contributed by atoms with E-state index in [-0.39, 0.29) is 6.10 Å². The van der Waals surface area contributed by atoms with E-state index in [4.69, 9.17) is 9.47 Å². The van der Waals surface area contributed by atoms with Gasteiger partial charge < -0.3 is 9.47 Å². The number of benzene rings is 1. The predicted octanol–water partition coefficient (Wildman–Crippen LogP) is 4.35. The zero-order valence-electron chi connectivity index (χ0n) is 11.8. The van der Waals surface area contributed by atoms with Crippen molar-refractivity contribution in [1.29, 1.82) is 0 Å². The number of rotatable bonds is 4. The number of hydrogen-bond donors (Lipinski definition) is 0. The number of alkyl halides is 1. The molecule has 0 aromatic heterocycles. The molecule has 1 saturated heterocycles. The van der Waals surface area contributed by atoms with Crippen molar-refractivity contribution in [1.82, 2.24) is 0 Å². The molecule has 1 heterocycles. The molecule has 4 atom stereocenters. The van der Waals surface area contributed by atoms with Crippen LogP contribution >= 0.6 is 22.6 Å². The third-order valence-electron chi connectivity index (χ3n) is 4.51. The van der Waals surface area contributed by atoms with Crippen LogP contribution in [0.5, 0.6) is 0 Å². The Morgan fingerprint density at radius 3 is 2.80 bits per heavy atom. The molecule has 2 aliphatic rings. The van der Waals surface area contributed by atoms with Crippen molar-refractivity contribution in [2.45, 2.75) is 54.8 Å². The molecule has 3 rings (SSSR count). The Morgan fingerprint density at radius 1 is 1.15 bits per heavy atom. The minimum absolute atomic E-state index is 0.277. The van der Waals surface area contributed by atoms with Crippen LogP contribution in [0.15, 0.2) is 30.3 Å². The molecule has 0 radical (unpaired) electrons. The highest BCUT2D eigenvalue weighted by atomic mass is 127. The van der Waals surface area contributed by atoms with Gasteiger partial charge in [0.2, 0.25) is 0 Å². The molecule has 1 aromatic carbocycles. The van der Waals surface area contributed by atoms with Crippen LogP contribution in [-0.2, 0) is 16.1 Å². The van der Waals surface area contributed by atoms with Crippen LogP contribution < -0.4 is 0 Å². The van der Waals surface area contributed by atoms with Crippen molar-refractivity contribution in [3.05, 3.63) is 35.9 Å². The summed E-state index contributed by atoms with van der Waals surface area (Å²) >= 11 is 2.56. The Balaban J connectivity index is 1.47. The number of halogens is 1. The maximum atomic E-state index is 6.31. The van der Waals surface area contributed by atoms with E-state index >= 15 is 0 Å². The molecule has 3 heteroatoms. The molecule has 2 nitrogen and oxygen atoms in total. The van der Waals surface area contributed by atoms with Crippen molar-refractivity contribution < 1.29 is 9.47 Å². The SMILES string of the molecule is I[C@@H]1C[C@@H]2CCCC[C@H]2O[C@H]1COCc1ccccc1. The predicted molar refractivity (Wildman–Crippen MR) is 89.1 cm³/mol. The smallest absolute Gasteiger partial charge is 0.0929 e. The minimum atomic E-state index is 0.277. The highest BCUT2D eigenvalue weighted by Crippen LogP contribution is 2.38. The van der Waals surface area contributed by atoms with Crippen LogP contribution in [0.2, 0.25) is 0 Å². The molecule has 0 amide bonds. The number of ether oxygens (including phenoxy) is 2. The largest absolute Gasteiger partial charge is 0.374 e. The molecule has 20 heavy (non-hydrogen) atoms. The van der Waals surface area contributed by atoms with Gasteiger partial charge in [0.1, 0.15) is 0 Å². The zero-order valence-corrected chi connectivity index (χ0v) is 14.0. The Bertz CT molecular complexity index is 409. The van der Waals surface area contributed by atoms with E-state index in [0.717, 1.165) is 12.5 Å². The molecule has 0 unspecified atom stereocenters. The van der Waals surface area contributed by atoms with Crippen molar-refractivity contribution in [3.8, 4) is 0 Å². The van der Waals surface area contributed by atoms with E-state index in [2.05, 4.69) is 46.9 Å². The van der Waals surface area contributed by atoms with E-state index in [1.54, 1.807) is 0 Å². The van der Waals surface area contributed by atoms with Crippen LogP contribution in [0.25, 0.3) is 0 Å². The zero-order chi connectivity index (χ0) is 13.8. The first kappa shape index (κ1) is 14.8. The molecular weight excluding hydrogens is 363 g/mol. The van der Waals surface area contributed by atoms with Gasteiger partial charge in [-0.1, -0.05) is 65.8 Å². The van der Waals surface area contributed by atoms with Gasteiger partial charge >= 0.3 is 0 Å². The molecule has 2 fully saturated rings. The van der Waals surface area contributed by atoms with Gasteiger partial charge in [-0.2, -0.15) is 0 Å². The Kier molecular flexibility index (Phi) is 5.35. The summed E-state index contributed by atoms with van der Waals surface area (Å²) in [5, 5.41) is 0. The van der Waals surface area contributed by atoms with Crippen molar-refractivity contribution >= 4 is 22.6 Å². The lowest BCUT2D eigenvalue weighted by Crippen LogP contribution is -2.45.